The number of nitrogens with one attached hydrogen (secondary N) is 1. The Labute approximate surface area is 90.1 Å². The zero-order valence-electron chi connectivity index (χ0n) is 8.80. The fourth-order valence-corrected chi connectivity index (χ4v) is 1.28. The fourth-order valence-electron chi connectivity index (χ4n) is 1.28. The summed E-state index contributed by atoms with van der Waals surface area (Å²) in [6.07, 6.45) is 2.83. The molecule has 0 bridgehead atoms. The Morgan fingerprint density at radius 2 is 2.00 bits per heavy atom. The molecule has 1 aromatic rings. The zero-order chi connectivity index (χ0) is 11.1. The van der Waals surface area contributed by atoms with E-state index in [1.54, 1.807) is 13.1 Å². The van der Waals surface area contributed by atoms with E-state index < -0.39 is 6.10 Å². The van der Waals surface area contributed by atoms with Gasteiger partial charge in [-0.05, 0) is 12.6 Å². The van der Waals surface area contributed by atoms with Crippen molar-refractivity contribution in [3.05, 3.63) is 42.0 Å². The minimum Gasteiger partial charge on any atom is -0.395 e. The summed E-state index contributed by atoms with van der Waals surface area (Å²) in [4.78, 5) is 0. The van der Waals surface area contributed by atoms with Crippen molar-refractivity contribution in [2.24, 2.45) is 0 Å². The second kappa shape index (κ2) is 6.35. The SMILES string of the molecule is CNC(CO)C(O)C=Cc1ccccc1. The van der Waals surface area contributed by atoms with E-state index in [0.29, 0.717) is 0 Å². The lowest BCUT2D eigenvalue weighted by Gasteiger charge is -2.16. The molecule has 0 aliphatic heterocycles. The van der Waals surface area contributed by atoms with Gasteiger partial charge >= 0.3 is 0 Å². The molecule has 0 fully saturated rings. The third kappa shape index (κ3) is 3.83. The first-order chi connectivity index (χ1) is 7.27. The lowest BCUT2D eigenvalue weighted by molar-refractivity contribution is 0.128. The summed E-state index contributed by atoms with van der Waals surface area (Å²) >= 11 is 0. The van der Waals surface area contributed by atoms with Gasteiger partial charge in [0.05, 0.1) is 18.8 Å². The van der Waals surface area contributed by atoms with Gasteiger partial charge in [-0.15, -0.1) is 0 Å². The molecular formula is C12H17NO2. The number of aliphatic hydroxyl groups is 2. The molecule has 82 valence electrons. The van der Waals surface area contributed by atoms with E-state index in [4.69, 9.17) is 5.11 Å². The first-order valence-corrected chi connectivity index (χ1v) is 4.97. The molecule has 15 heavy (non-hydrogen) atoms. The molecule has 0 aliphatic rings. The Morgan fingerprint density at radius 3 is 2.53 bits per heavy atom. The van der Waals surface area contributed by atoms with Crippen molar-refractivity contribution in [2.75, 3.05) is 13.7 Å². The highest BCUT2D eigenvalue weighted by molar-refractivity contribution is 5.49. The van der Waals surface area contributed by atoms with E-state index >= 15 is 0 Å². The molecule has 0 saturated carbocycles. The Kier molecular flexibility index (Phi) is 5.04. The van der Waals surface area contributed by atoms with Crippen LogP contribution in [0.5, 0.6) is 0 Å². The normalized spacial score (nSPS) is 15.4. The molecule has 2 atom stereocenters. The summed E-state index contributed by atoms with van der Waals surface area (Å²) < 4.78 is 0. The minimum absolute atomic E-state index is 0.0865. The van der Waals surface area contributed by atoms with Gasteiger partial charge < -0.3 is 15.5 Å². The molecule has 0 saturated heterocycles. The maximum atomic E-state index is 9.66. The molecule has 0 spiro atoms. The first-order valence-electron chi connectivity index (χ1n) is 4.97. The van der Waals surface area contributed by atoms with Crippen molar-refractivity contribution in [3.8, 4) is 0 Å². The largest absolute Gasteiger partial charge is 0.395 e. The topological polar surface area (TPSA) is 52.5 Å². The van der Waals surface area contributed by atoms with Crippen LogP contribution < -0.4 is 5.32 Å². The molecule has 0 heterocycles. The van der Waals surface area contributed by atoms with E-state index in [9.17, 15) is 5.11 Å². The molecule has 0 aromatic heterocycles. The average Bonchev–Trinajstić information content (AvgIpc) is 2.29. The third-order valence-corrected chi connectivity index (χ3v) is 2.27. The number of aliphatic hydroxyl groups excluding tert-OH is 2. The van der Waals surface area contributed by atoms with Crippen molar-refractivity contribution >= 4 is 6.08 Å². The standard InChI is InChI=1S/C12H17NO2/c1-13-11(9-14)12(15)8-7-10-5-3-2-4-6-10/h2-8,11-15H,9H2,1H3. The van der Waals surface area contributed by atoms with Crippen LogP contribution >= 0.6 is 0 Å². The third-order valence-electron chi connectivity index (χ3n) is 2.27. The van der Waals surface area contributed by atoms with Crippen LogP contribution in [0.3, 0.4) is 0 Å². The number of hydrogen-bond acceptors (Lipinski definition) is 3. The van der Waals surface area contributed by atoms with Crippen molar-refractivity contribution in [1.82, 2.24) is 5.32 Å². The van der Waals surface area contributed by atoms with Gasteiger partial charge in [-0.1, -0.05) is 42.5 Å². The van der Waals surface area contributed by atoms with Crippen molar-refractivity contribution in [2.45, 2.75) is 12.1 Å². The van der Waals surface area contributed by atoms with Crippen LogP contribution in [-0.4, -0.2) is 36.0 Å². The first kappa shape index (κ1) is 11.9. The van der Waals surface area contributed by atoms with E-state index in [2.05, 4.69) is 5.32 Å². The predicted molar refractivity (Wildman–Crippen MR) is 61.4 cm³/mol. The summed E-state index contributed by atoms with van der Waals surface area (Å²) in [6, 6.07) is 9.41. The molecule has 0 amide bonds. The van der Waals surface area contributed by atoms with Gasteiger partial charge in [0.1, 0.15) is 0 Å². The van der Waals surface area contributed by atoms with E-state index in [1.807, 2.05) is 36.4 Å². The lowest BCUT2D eigenvalue weighted by atomic mass is 10.1. The number of benzene rings is 1. The second-order valence-electron chi connectivity index (χ2n) is 3.34. The average molecular weight is 207 g/mol. The van der Waals surface area contributed by atoms with Gasteiger partial charge in [0.25, 0.3) is 0 Å². The molecule has 1 rings (SSSR count). The van der Waals surface area contributed by atoms with Crippen LogP contribution in [0, 0.1) is 0 Å². The quantitative estimate of drug-likeness (QED) is 0.664. The van der Waals surface area contributed by atoms with E-state index in [1.165, 1.54) is 0 Å². The molecular weight excluding hydrogens is 190 g/mol. The number of rotatable bonds is 5. The van der Waals surface area contributed by atoms with Gasteiger partial charge in [0, 0.05) is 0 Å². The van der Waals surface area contributed by atoms with Gasteiger partial charge in [-0.25, -0.2) is 0 Å². The van der Waals surface area contributed by atoms with Gasteiger partial charge in [-0.3, -0.25) is 0 Å². The van der Waals surface area contributed by atoms with E-state index in [0.717, 1.165) is 5.56 Å². The predicted octanol–water partition coefficient (Wildman–Crippen LogP) is 0.641. The van der Waals surface area contributed by atoms with Gasteiger partial charge in [-0.2, -0.15) is 0 Å². The van der Waals surface area contributed by atoms with E-state index in [-0.39, 0.29) is 12.6 Å². The molecule has 3 N–H and O–H groups in total. The van der Waals surface area contributed by atoms with Crippen LogP contribution in [0.2, 0.25) is 0 Å². The Balaban J connectivity index is 2.57. The zero-order valence-corrected chi connectivity index (χ0v) is 8.80. The maximum absolute atomic E-state index is 9.66. The summed E-state index contributed by atoms with van der Waals surface area (Å²) in [6.45, 7) is -0.0865. The monoisotopic (exact) mass is 207 g/mol. The maximum Gasteiger partial charge on any atom is 0.0899 e. The second-order valence-corrected chi connectivity index (χ2v) is 3.34. The number of likely N-dealkylation sites (N-methyl/N-ethyl adjacent to an activating group) is 1. The van der Waals surface area contributed by atoms with Crippen LogP contribution in [0.1, 0.15) is 5.56 Å². The summed E-state index contributed by atoms with van der Waals surface area (Å²) in [5.41, 5.74) is 1.03. The van der Waals surface area contributed by atoms with Gasteiger partial charge in [0.15, 0.2) is 0 Å². The smallest absolute Gasteiger partial charge is 0.0899 e. The van der Waals surface area contributed by atoms with Crippen LogP contribution in [-0.2, 0) is 0 Å². The van der Waals surface area contributed by atoms with Gasteiger partial charge in [0.2, 0.25) is 0 Å². The molecule has 0 aliphatic carbocycles. The number of hydrogen-bond donors (Lipinski definition) is 3. The summed E-state index contributed by atoms with van der Waals surface area (Å²) in [5, 5.41) is 21.4. The van der Waals surface area contributed by atoms with Crippen LogP contribution in [0.15, 0.2) is 36.4 Å². The van der Waals surface area contributed by atoms with Crippen molar-refractivity contribution in [3.63, 3.8) is 0 Å². The highest BCUT2D eigenvalue weighted by atomic mass is 16.3. The molecule has 0 radical (unpaired) electrons. The van der Waals surface area contributed by atoms with Crippen LogP contribution in [0.4, 0.5) is 0 Å². The molecule has 3 nitrogen and oxygen atoms in total. The summed E-state index contributed by atoms with van der Waals surface area (Å²) in [7, 11) is 1.71. The molecule has 3 heteroatoms. The Morgan fingerprint density at radius 1 is 1.33 bits per heavy atom. The van der Waals surface area contributed by atoms with Crippen molar-refractivity contribution < 1.29 is 10.2 Å². The lowest BCUT2D eigenvalue weighted by Crippen LogP contribution is -2.39. The Bertz CT molecular complexity index is 294. The fraction of sp³-hybridized carbons (Fsp3) is 0.333. The molecule has 2 unspecified atom stereocenters. The summed E-state index contributed by atoms with van der Waals surface area (Å²) in [5.74, 6) is 0. The minimum atomic E-state index is -0.680. The van der Waals surface area contributed by atoms with Crippen molar-refractivity contribution in [1.29, 1.82) is 0 Å². The Hall–Kier alpha value is -1.16. The highest BCUT2D eigenvalue weighted by Gasteiger charge is 2.12. The highest BCUT2D eigenvalue weighted by Crippen LogP contribution is 2.03. The molecule has 1 aromatic carbocycles. The van der Waals surface area contributed by atoms with Crippen LogP contribution in [0.25, 0.3) is 6.08 Å².